The predicted molar refractivity (Wildman–Crippen MR) is 136 cm³/mol. The van der Waals surface area contributed by atoms with E-state index in [0.717, 1.165) is 55.5 Å². The van der Waals surface area contributed by atoms with Gasteiger partial charge in [-0.15, -0.1) is 0 Å². The van der Waals surface area contributed by atoms with E-state index in [1.807, 2.05) is 35.2 Å². The molecule has 0 atom stereocenters. The fraction of sp³-hybridized carbons (Fsp3) is 0.393. The maximum absolute atomic E-state index is 12.9. The Morgan fingerprint density at radius 3 is 2.26 bits per heavy atom. The summed E-state index contributed by atoms with van der Waals surface area (Å²) in [5.74, 6) is 1.94. The molecule has 0 saturated carbocycles. The maximum atomic E-state index is 12.9. The lowest BCUT2D eigenvalue weighted by molar-refractivity contribution is 0.139. The molecule has 2 aliphatic rings. The van der Waals surface area contributed by atoms with Gasteiger partial charge in [-0.2, -0.15) is 0 Å². The number of hydrogen-bond acceptors (Lipinski definition) is 5. The zero-order valence-electron chi connectivity index (χ0n) is 20.1. The van der Waals surface area contributed by atoms with Crippen LogP contribution in [0.5, 0.6) is 11.5 Å². The van der Waals surface area contributed by atoms with Crippen LogP contribution in [0.25, 0.3) is 10.8 Å². The van der Waals surface area contributed by atoms with E-state index in [9.17, 15) is 4.79 Å². The number of amides is 1. The van der Waals surface area contributed by atoms with E-state index in [4.69, 9.17) is 9.47 Å². The number of carbonyl (C=O) groups excluding carboxylic acids is 1. The van der Waals surface area contributed by atoms with Gasteiger partial charge in [-0.05, 0) is 67.1 Å². The lowest BCUT2D eigenvalue weighted by Gasteiger charge is -2.34. The SMILES string of the molecule is COc1ccc(C2CCN(C(=O)Oc3ccc4cccc(N5CCN(C)CC5)c4c3)CC2)cc1. The summed E-state index contributed by atoms with van der Waals surface area (Å²) in [5.41, 5.74) is 2.52. The summed E-state index contributed by atoms with van der Waals surface area (Å²) < 4.78 is 11.1. The highest BCUT2D eigenvalue weighted by atomic mass is 16.6. The molecule has 0 aliphatic carbocycles. The molecule has 0 unspecified atom stereocenters. The first-order valence-electron chi connectivity index (χ1n) is 12.2. The largest absolute Gasteiger partial charge is 0.497 e. The van der Waals surface area contributed by atoms with E-state index in [1.165, 1.54) is 11.3 Å². The van der Waals surface area contributed by atoms with Crippen LogP contribution >= 0.6 is 0 Å². The van der Waals surface area contributed by atoms with Gasteiger partial charge in [-0.1, -0.05) is 30.3 Å². The summed E-state index contributed by atoms with van der Waals surface area (Å²) in [5, 5.41) is 2.30. The Kier molecular flexibility index (Phi) is 6.59. The predicted octanol–water partition coefficient (Wildman–Crippen LogP) is 4.98. The Morgan fingerprint density at radius 1 is 0.853 bits per heavy atom. The van der Waals surface area contributed by atoms with Crippen LogP contribution < -0.4 is 14.4 Å². The molecule has 178 valence electrons. The first kappa shape index (κ1) is 22.5. The Balaban J connectivity index is 1.24. The molecule has 0 bridgehead atoms. The van der Waals surface area contributed by atoms with Crippen molar-refractivity contribution < 1.29 is 14.3 Å². The maximum Gasteiger partial charge on any atom is 0.415 e. The van der Waals surface area contributed by atoms with Crippen molar-refractivity contribution >= 4 is 22.6 Å². The number of piperidine rings is 1. The molecule has 6 nitrogen and oxygen atoms in total. The van der Waals surface area contributed by atoms with Crippen LogP contribution in [0.2, 0.25) is 0 Å². The van der Waals surface area contributed by atoms with Crippen molar-refractivity contribution in [2.75, 3.05) is 58.3 Å². The van der Waals surface area contributed by atoms with Crippen molar-refractivity contribution in [3.63, 3.8) is 0 Å². The number of likely N-dealkylation sites (N-methyl/N-ethyl adjacent to an activating group) is 1. The molecule has 2 saturated heterocycles. The van der Waals surface area contributed by atoms with Crippen LogP contribution in [-0.2, 0) is 0 Å². The number of hydrogen-bond donors (Lipinski definition) is 0. The summed E-state index contributed by atoms with van der Waals surface area (Å²) in [6.07, 6.45) is 1.61. The molecular formula is C28H33N3O3. The zero-order valence-corrected chi connectivity index (χ0v) is 20.1. The molecular weight excluding hydrogens is 426 g/mol. The van der Waals surface area contributed by atoms with Gasteiger partial charge in [-0.25, -0.2) is 4.79 Å². The van der Waals surface area contributed by atoms with Crippen LogP contribution in [0.1, 0.15) is 24.3 Å². The second-order valence-corrected chi connectivity index (χ2v) is 9.35. The number of benzene rings is 3. The van der Waals surface area contributed by atoms with Crippen LogP contribution in [0, 0.1) is 0 Å². The molecule has 2 heterocycles. The number of nitrogens with zero attached hydrogens (tertiary/aromatic N) is 3. The van der Waals surface area contributed by atoms with Gasteiger partial charge in [0.05, 0.1) is 7.11 Å². The van der Waals surface area contributed by atoms with Crippen LogP contribution in [-0.4, -0.2) is 69.3 Å². The number of rotatable bonds is 4. The standard InChI is InChI=1S/C28H33N3O3/c1-29-16-18-30(19-17-29)27-5-3-4-23-8-11-25(20-26(23)27)34-28(32)31-14-12-22(13-15-31)21-6-9-24(33-2)10-7-21/h3-11,20,22H,12-19H2,1-2H3. The summed E-state index contributed by atoms with van der Waals surface area (Å²) >= 11 is 0. The van der Waals surface area contributed by atoms with Crippen molar-refractivity contribution in [3.8, 4) is 11.5 Å². The second-order valence-electron chi connectivity index (χ2n) is 9.35. The molecule has 0 aromatic heterocycles. The Labute approximate surface area is 201 Å². The third-order valence-corrected chi connectivity index (χ3v) is 7.22. The molecule has 0 N–H and O–H groups in total. The number of likely N-dealkylation sites (tertiary alicyclic amines) is 1. The van der Waals surface area contributed by atoms with E-state index in [0.29, 0.717) is 24.8 Å². The summed E-state index contributed by atoms with van der Waals surface area (Å²) in [7, 11) is 3.85. The van der Waals surface area contributed by atoms with E-state index >= 15 is 0 Å². The number of anilines is 1. The Bertz CT molecular complexity index is 1130. The first-order chi connectivity index (χ1) is 16.6. The summed E-state index contributed by atoms with van der Waals surface area (Å²) in [6.45, 7) is 5.52. The van der Waals surface area contributed by atoms with Gasteiger partial charge >= 0.3 is 6.09 Å². The van der Waals surface area contributed by atoms with E-state index < -0.39 is 0 Å². The lowest BCUT2D eigenvalue weighted by atomic mass is 9.89. The highest BCUT2D eigenvalue weighted by molar-refractivity contribution is 5.95. The minimum absolute atomic E-state index is 0.260. The first-order valence-corrected chi connectivity index (χ1v) is 12.2. The lowest BCUT2D eigenvalue weighted by Crippen LogP contribution is -2.44. The second kappa shape index (κ2) is 9.94. The molecule has 5 rings (SSSR count). The number of carbonyl (C=O) groups is 1. The topological polar surface area (TPSA) is 45.2 Å². The van der Waals surface area contributed by atoms with Crippen molar-refractivity contribution in [3.05, 3.63) is 66.2 Å². The van der Waals surface area contributed by atoms with Gasteiger partial charge in [0.15, 0.2) is 0 Å². The quantitative estimate of drug-likeness (QED) is 0.551. The smallest absolute Gasteiger partial charge is 0.415 e. The van der Waals surface area contributed by atoms with E-state index in [2.05, 4.69) is 47.2 Å². The van der Waals surface area contributed by atoms with Crippen LogP contribution in [0.15, 0.2) is 60.7 Å². The van der Waals surface area contributed by atoms with Gasteiger partial charge in [0.2, 0.25) is 0 Å². The van der Waals surface area contributed by atoms with Crippen molar-refractivity contribution in [2.45, 2.75) is 18.8 Å². The number of fused-ring (bicyclic) bond motifs is 1. The highest BCUT2D eigenvalue weighted by Gasteiger charge is 2.25. The van der Waals surface area contributed by atoms with Crippen molar-refractivity contribution in [1.82, 2.24) is 9.80 Å². The molecule has 0 radical (unpaired) electrons. The Morgan fingerprint density at radius 2 is 1.56 bits per heavy atom. The minimum atomic E-state index is -0.260. The monoisotopic (exact) mass is 459 g/mol. The fourth-order valence-electron chi connectivity index (χ4n) is 5.06. The molecule has 2 fully saturated rings. The Hall–Kier alpha value is -3.25. The molecule has 3 aromatic carbocycles. The van der Waals surface area contributed by atoms with Gasteiger partial charge in [0.25, 0.3) is 0 Å². The van der Waals surface area contributed by atoms with E-state index in [1.54, 1.807) is 7.11 Å². The molecule has 0 spiro atoms. The average Bonchev–Trinajstić information content (AvgIpc) is 2.89. The number of piperazine rings is 1. The normalized spacial score (nSPS) is 17.7. The van der Waals surface area contributed by atoms with E-state index in [-0.39, 0.29) is 6.09 Å². The molecule has 6 heteroatoms. The summed E-state index contributed by atoms with van der Waals surface area (Å²) in [4.78, 5) is 19.5. The highest BCUT2D eigenvalue weighted by Crippen LogP contribution is 2.32. The van der Waals surface area contributed by atoms with Gasteiger partial charge < -0.3 is 24.2 Å². The summed E-state index contributed by atoms with van der Waals surface area (Å²) in [6, 6.07) is 20.6. The molecule has 34 heavy (non-hydrogen) atoms. The zero-order chi connectivity index (χ0) is 23.5. The minimum Gasteiger partial charge on any atom is -0.497 e. The third kappa shape index (κ3) is 4.82. The van der Waals surface area contributed by atoms with Crippen LogP contribution in [0.4, 0.5) is 10.5 Å². The molecule has 3 aromatic rings. The third-order valence-electron chi connectivity index (χ3n) is 7.22. The molecule has 2 aliphatic heterocycles. The molecule has 1 amide bonds. The van der Waals surface area contributed by atoms with Crippen molar-refractivity contribution in [2.24, 2.45) is 0 Å². The van der Waals surface area contributed by atoms with Gasteiger partial charge in [0, 0.05) is 50.3 Å². The fourth-order valence-corrected chi connectivity index (χ4v) is 5.06. The number of ether oxygens (including phenoxy) is 2. The van der Waals surface area contributed by atoms with Gasteiger partial charge in [0.1, 0.15) is 11.5 Å². The average molecular weight is 460 g/mol. The van der Waals surface area contributed by atoms with Crippen LogP contribution in [0.3, 0.4) is 0 Å². The number of methoxy groups -OCH3 is 1. The van der Waals surface area contributed by atoms with Crippen molar-refractivity contribution in [1.29, 1.82) is 0 Å². The van der Waals surface area contributed by atoms with Gasteiger partial charge in [-0.3, -0.25) is 0 Å².